The summed E-state index contributed by atoms with van der Waals surface area (Å²) >= 11 is 6.13. The number of methoxy groups -OCH3 is 1. The van der Waals surface area contributed by atoms with Crippen molar-refractivity contribution in [1.29, 1.82) is 0 Å². The number of aryl methyl sites for hydroxylation is 1. The molecule has 6 nitrogen and oxygen atoms in total. The fraction of sp³-hybridized carbons (Fsp3) is 0.450. The minimum absolute atomic E-state index is 0.117. The second-order valence-corrected chi connectivity index (χ2v) is 7.29. The molecule has 1 amide bonds. The van der Waals surface area contributed by atoms with Gasteiger partial charge in [0.2, 0.25) is 5.95 Å². The number of anilines is 2. The summed E-state index contributed by atoms with van der Waals surface area (Å²) in [6.45, 7) is 1.91. The summed E-state index contributed by atoms with van der Waals surface area (Å²) in [5.74, 6) is 0.874. The van der Waals surface area contributed by atoms with Gasteiger partial charge in [-0.3, -0.25) is 4.79 Å². The van der Waals surface area contributed by atoms with Crippen LogP contribution in [-0.2, 0) is 0 Å². The molecular formula is C20H25ClN4O2. The molecule has 0 unspecified atom stereocenters. The van der Waals surface area contributed by atoms with Gasteiger partial charge in [0, 0.05) is 29.5 Å². The van der Waals surface area contributed by atoms with Crippen molar-refractivity contribution in [3.05, 3.63) is 40.7 Å². The summed E-state index contributed by atoms with van der Waals surface area (Å²) in [5, 5.41) is 6.84. The van der Waals surface area contributed by atoms with Gasteiger partial charge in [-0.25, -0.2) is 9.97 Å². The molecule has 1 aromatic heterocycles. The molecule has 1 aliphatic carbocycles. The predicted molar refractivity (Wildman–Crippen MR) is 107 cm³/mol. The van der Waals surface area contributed by atoms with E-state index in [1.807, 2.05) is 13.0 Å². The lowest BCUT2D eigenvalue weighted by molar-refractivity contribution is 0.0932. The zero-order chi connectivity index (χ0) is 19.2. The van der Waals surface area contributed by atoms with Crippen LogP contribution in [0.4, 0.5) is 11.6 Å². The van der Waals surface area contributed by atoms with Gasteiger partial charge in [-0.2, -0.15) is 0 Å². The molecule has 0 aliphatic heterocycles. The van der Waals surface area contributed by atoms with Gasteiger partial charge in [-0.1, -0.05) is 37.3 Å². The highest BCUT2D eigenvalue weighted by molar-refractivity contribution is 6.31. The highest BCUT2D eigenvalue weighted by Gasteiger charge is 2.16. The molecular weight excluding hydrogens is 364 g/mol. The smallest absolute Gasteiger partial charge is 0.254 e. The Kier molecular flexibility index (Phi) is 6.50. The van der Waals surface area contributed by atoms with Crippen molar-refractivity contribution in [3.8, 4) is 5.75 Å². The summed E-state index contributed by atoms with van der Waals surface area (Å²) in [5.41, 5.74) is 2.10. The largest absolute Gasteiger partial charge is 0.495 e. The number of benzene rings is 1. The number of ether oxygens (including phenoxy) is 1. The number of nitrogens with one attached hydrogen (secondary N) is 2. The first-order valence-corrected chi connectivity index (χ1v) is 9.68. The molecule has 144 valence electrons. The Morgan fingerprint density at radius 2 is 1.81 bits per heavy atom. The molecule has 3 rings (SSSR count). The summed E-state index contributed by atoms with van der Waals surface area (Å²) in [7, 11) is 1.58. The lowest BCUT2D eigenvalue weighted by atomic mass is 10.1. The summed E-state index contributed by atoms with van der Waals surface area (Å²) < 4.78 is 5.34. The Hall–Kier alpha value is -2.34. The van der Waals surface area contributed by atoms with Gasteiger partial charge in [0.15, 0.2) is 0 Å². The number of aromatic nitrogens is 2. The van der Waals surface area contributed by atoms with Gasteiger partial charge in [0.05, 0.1) is 18.4 Å². The fourth-order valence-electron chi connectivity index (χ4n) is 3.25. The highest BCUT2D eigenvalue weighted by Crippen LogP contribution is 2.32. The second-order valence-electron chi connectivity index (χ2n) is 6.88. The van der Waals surface area contributed by atoms with Crippen LogP contribution in [0.3, 0.4) is 0 Å². The van der Waals surface area contributed by atoms with Crippen molar-refractivity contribution in [2.75, 3.05) is 12.4 Å². The molecule has 27 heavy (non-hydrogen) atoms. The van der Waals surface area contributed by atoms with Crippen LogP contribution in [0, 0.1) is 6.92 Å². The maximum Gasteiger partial charge on any atom is 0.254 e. The monoisotopic (exact) mass is 388 g/mol. The van der Waals surface area contributed by atoms with E-state index in [0.29, 0.717) is 22.3 Å². The van der Waals surface area contributed by atoms with Crippen LogP contribution in [0.15, 0.2) is 24.5 Å². The molecule has 0 atom stereocenters. The summed E-state index contributed by atoms with van der Waals surface area (Å²) in [4.78, 5) is 21.0. The normalized spacial score (nSPS) is 15.1. The number of nitrogens with zero attached hydrogens (tertiary/aromatic N) is 2. The number of carbonyl (C=O) groups excluding carboxylic acids is 1. The first kappa shape index (κ1) is 19.4. The minimum Gasteiger partial charge on any atom is -0.495 e. The maximum atomic E-state index is 12.4. The van der Waals surface area contributed by atoms with E-state index in [1.54, 1.807) is 13.2 Å². The summed E-state index contributed by atoms with van der Waals surface area (Å²) in [6.07, 6.45) is 10.0. The molecule has 1 fully saturated rings. The van der Waals surface area contributed by atoms with Gasteiger partial charge >= 0.3 is 0 Å². The Labute approximate surface area is 164 Å². The van der Waals surface area contributed by atoms with Gasteiger partial charge in [-0.15, -0.1) is 0 Å². The Morgan fingerprint density at radius 1 is 1.15 bits per heavy atom. The number of rotatable bonds is 5. The van der Waals surface area contributed by atoms with E-state index in [9.17, 15) is 4.79 Å². The number of halogens is 1. The van der Waals surface area contributed by atoms with E-state index in [2.05, 4.69) is 20.6 Å². The number of amides is 1. The number of carbonyl (C=O) groups is 1. The van der Waals surface area contributed by atoms with Crippen LogP contribution >= 0.6 is 11.6 Å². The third kappa shape index (κ3) is 5.10. The van der Waals surface area contributed by atoms with Gasteiger partial charge in [0.25, 0.3) is 5.91 Å². The third-order valence-corrected chi connectivity index (χ3v) is 5.24. The van der Waals surface area contributed by atoms with Crippen molar-refractivity contribution in [3.63, 3.8) is 0 Å². The minimum atomic E-state index is -0.117. The van der Waals surface area contributed by atoms with Crippen molar-refractivity contribution < 1.29 is 9.53 Å². The Morgan fingerprint density at radius 3 is 2.44 bits per heavy atom. The van der Waals surface area contributed by atoms with Gasteiger partial charge in [0.1, 0.15) is 5.75 Å². The van der Waals surface area contributed by atoms with Crippen LogP contribution in [0.2, 0.25) is 5.02 Å². The van der Waals surface area contributed by atoms with Crippen molar-refractivity contribution in [2.24, 2.45) is 0 Å². The molecule has 0 bridgehead atoms. The molecule has 1 heterocycles. The van der Waals surface area contributed by atoms with Crippen LogP contribution in [0.1, 0.15) is 54.4 Å². The molecule has 1 saturated carbocycles. The molecule has 0 radical (unpaired) electrons. The van der Waals surface area contributed by atoms with Crippen LogP contribution in [-0.4, -0.2) is 29.0 Å². The van der Waals surface area contributed by atoms with E-state index < -0.39 is 0 Å². The molecule has 0 spiro atoms. The average molecular weight is 389 g/mol. The van der Waals surface area contributed by atoms with E-state index >= 15 is 0 Å². The predicted octanol–water partition coefficient (Wildman–Crippen LogP) is 4.64. The van der Waals surface area contributed by atoms with E-state index in [1.165, 1.54) is 38.1 Å². The molecule has 1 aromatic carbocycles. The summed E-state index contributed by atoms with van der Waals surface area (Å²) in [6, 6.07) is 3.87. The topological polar surface area (TPSA) is 76.1 Å². The van der Waals surface area contributed by atoms with Crippen molar-refractivity contribution in [1.82, 2.24) is 15.3 Å². The Balaban J connectivity index is 1.66. The maximum absolute atomic E-state index is 12.4. The number of hydrogen-bond acceptors (Lipinski definition) is 5. The average Bonchev–Trinajstić information content (AvgIpc) is 2.93. The van der Waals surface area contributed by atoms with Gasteiger partial charge in [-0.05, 0) is 31.4 Å². The molecule has 2 aromatic rings. The van der Waals surface area contributed by atoms with Gasteiger partial charge < -0.3 is 15.4 Å². The molecule has 2 N–H and O–H groups in total. The highest BCUT2D eigenvalue weighted by atomic mass is 35.5. The van der Waals surface area contributed by atoms with Crippen LogP contribution < -0.4 is 15.4 Å². The quantitative estimate of drug-likeness (QED) is 0.729. The zero-order valence-electron chi connectivity index (χ0n) is 15.7. The SMILES string of the molecule is COc1cc(Cl)c(C)cc1Nc1ncc(C(=O)NC2CCCCCC2)cn1. The van der Waals surface area contributed by atoms with Crippen LogP contribution in [0.25, 0.3) is 0 Å². The number of hydrogen-bond donors (Lipinski definition) is 2. The molecule has 7 heteroatoms. The molecule has 1 aliphatic rings. The fourth-order valence-corrected chi connectivity index (χ4v) is 3.41. The van der Waals surface area contributed by atoms with Crippen molar-refractivity contribution >= 4 is 29.1 Å². The lowest BCUT2D eigenvalue weighted by Crippen LogP contribution is -2.34. The first-order chi connectivity index (χ1) is 13.1. The lowest BCUT2D eigenvalue weighted by Gasteiger charge is -2.16. The Bertz CT molecular complexity index is 787. The van der Waals surface area contributed by atoms with E-state index in [0.717, 1.165) is 24.1 Å². The third-order valence-electron chi connectivity index (χ3n) is 4.83. The standard InChI is InChI=1S/C20H25ClN4O2/c1-13-9-17(18(27-2)10-16(13)21)25-20-22-11-14(12-23-20)19(26)24-15-7-5-3-4-6-8-15/h9-12,15H,3-8H2,1-2H3,(H,24,26)(H,22,23,25). The zero-order valence-corrected chi connectivity index (χ0v) is 16.5. The van der Waals surface area contributed by atoms with E-state index in [4.69, 9.17) is 16.3 Å². The molecule has 0 saturated heterocycles. The van der Waals surface area contributed by atoms with E-state index in [-0.39, 0.29) is 11.9 Å². The van der Waals surface area contributed by atoms with Crippen molar-refractivity contribution in [2.45, 2.75) is 51.5 Å². The first-order valence-electron chi connectivity index (χ1n) is 9.31. The second kappa shape index (κ2) is 9.04. The van der Waals surface area contributed by atoms with Crippen LogP contribution in [0.5, 0.6) is 5.75 Å².